The van der Waals surface area contributed by atoms with Crippen LogP contribution in [0.5, 0.6) is 0 Å². The molecule has 10 heteroatoms. The van der Waals surface area contributed by atoms with Gasteiger partial charge in [-0.2, -0.15) is 4.98 Å². The van der Waals surface area contributed by atoms with Crippen LogP contribution >= 0.6 is 0 Å². The number of allylic oxidation sites excluding steroid dienone is 2. The number of ether oxygens (including phenoxy) is 2. The highest BCUT2D eigenvalue weighted by atomic mass is 16.6. The third kappa shape index (κ3) is 6.19. The molecule has 10 nitrogen and oxygen atoms in total. The number of nitrogens with two attached hydrogens (primary N) is 1. The number of anilines is 1. The van der Waals surface area contributed by atoms with Crippen molar-refractivity contribution in [1.29, 1.82) is 0 Å². The maximum absolute atomic E-state index is 11.7. The average Bonchev–Trinajstić information content (AvgIpc) is 3.05. The largest absolute Gasteiger partial charge is 0.463 e. The molecule has 1 unspecified atom stereocenters. The van der Waals surface area contributed by atoms with Crippen LogP contribution in [0.15, 0.2) is 23.3 Å². The standard InChI is InChI=1S/C17H25N5O5/c1-2-3-4-5-6-7-13(24)26-9-12(8-23)27-11-22-10-19-14-15(22)20-17(18)21-16(14)25/h4-5,10,12,23H,2-3,6-9,11H2,1H3,(H3,18,20,21,25). The number of hydrogen-bond donors (Lipinski definition) is 3. The van der Waals surface area contributed by atoms with Gasteiger partial charge in [-0.25, -0.2) is 4.98 Å². The van der Waals surface area contributed by atoms with Gasteiger partial charge in [0.1, 0.15) is 19.4 Å². The van der Waals surface area contributed by atoms with Crippen LogP contribution in [0.25, 0.3) is 11.2 Å². The molecule has 0 radical (unpaired) electrons. The molecule has 2 aromatic heterocycles. The van der Waals surface area contributed by atoms with Crippen molar-refractivity contribution in [3.63, 3.8) is 0 Å². The number of rotatable bonds is 11. The first-order valence-electron chi connectivity index (χ1n) is 8.78. The van der Waals surface area contributed by atoms with E-state index in [9.17, 15) is 14.7 Å². The number of carbonyl (C=O) groups is 1. The van der Waals surface area contributed by atoms with Gasteiger partial charge in [-0.3, -0.25) is 19.1 Å². The summed E-state index contributed by atoms with van der Waals surface area (Å²) in [5, 5.41) is 9.40. The SMILES string of the molecule is CCCC=CCCC(=O)OCC(CO)OCn1cnc2c(=O)[nH]c(N)nc21. The number of carbonyl (C=O) groups excluding carboxylic acids is 1. The van der Waals surface area contributed by atoms with Crippen LogP contribution in [-0.2, 0) is 21.0 Å². The molecule has 0 saturated carbocycles. The molecule has 0 bridgehead atoms. The Bertz CT molecular complexity index is 829. The van der Waals surface area contributed by atoms with Crippen LogP contribution in [0.1, 0.15) is 32.6 Å². The van der Waals surface area contributed by atoms with Gasteiger partial charge >= 0.3 is 5.97 Å². The van der Waals surface area contributed by atoms with E-state index in [4.69, 9.17) is 15.2 Å². The van der Waals surface area contributed by atoms with Gasteiger partial charge in [-0.05, 0) is 12.8 Å². The summed E-state index contributed by atoms with van der Waals surface area (Å²) >= 11 is 0. The van der Waals surface area contributed by atoms with E-state index in [0.717, 1.165) is 12.8 Å². The fourth-order valence-corrected chi connectivity index (χ4v) is 2.27. The smallest absolute Gasteiger partial charge is 0.306 e. The first kappa shape index (κ1) is 20.6. The van der Waals surface area contributed by atoms with Crippen LogP contribution in [0.4, 0.5) is 5.95 Å². The summed E-state index contributed by atoms with van der Waals surface area (Å²) in [6.45, 7) is 1.65. The highest BCUT2D eigenvalue weighted by Gasteiger charge is 2.14. The Morgan fingerprint density at radius 2 is 2.22 bits per heavy atom. The molecule has 2 heterocycles. The van der Waals surface area contributed by atoms with Gasteiger partial charge < -0.3 is 20.3 Å². The summed E-state index contributed by atoms with van der Waals surface area (Å²) in [6, 6.07) is 0. The molecule has 2 aromatic rings. The van der Waals surface area contributed by atoms with E-state index in [2.05, 4.69) is 21.9 Å². The van der Waals surface area contributed by atoms with E-state index in [1.807, 2.05) is 12.2 Å². The molecule has 1 atom stereocenters. The second-order valence-corrected chi connectivity index (χ2v) is 5.92. The van der Waals surface area contributed by atoms with Gasteiger partial charge in [0.05, 0.1) is 12.9 Å². The molecule has 0 spiro atoms. The van der Waals surface area contributed by atoms with Crippen molar-refractivity contribution in [3.8, 4) is 0 Å². The second-order valence-electron chi connectivity index (χ2n) is 5.92. The number of H-pyrrole nitrogens is 1. The first-order chi connectivity index (χ1) is 13.0. The number of nitrogens with one attached hydrogen (secondary N) is 1. The number of nitrogen functional groups attached to an aromatic ring is 1. The Morgan fingerprint density at radius 3 is 2.96 bits per heavy atom. The van der Waals surface area contributed by atoms with E-state index in [1.165, 1.54) is 10.9 Å². The quantitative estimate of drug-likeness (QED) is 0.382. The number of aliphatic hydroxyl groups excluding tert-OH is 1. The molecule has 0 aliphatic heterocycles. The molecular weight excluding hydrogens is 354 g/mol. The Kier molecular flexibility index (Phi) is 7.96. The minimum atomic E-state index is -0.707. The number of aromatic amines is 1. The molecule has 0 aromatic carbocycles. The van der Waals surface area contributed by atoms with E-state index in [0.29, 0.717) is 6.42 Å². The summed E-state index contributed by atoms with van der Waals surface area (Å²) in [5.41, 5.74) is 5.49. The Balaban J connectivity index is 1.82. The van der Waals surface area contributed by atoms with Crippen molar-refractivity contribution >= 4 is 23.1 Å². The Labute approximate surface area is 156 Å². The zero-order valence-corrected chi connectivity index (χ0v) is 15.3. The minimum absolute atomic E-state index is 0.0325. The zero-order chi connectivity index (χ0) is 19.6. The minimum Gasteiger partial charge on any atom is -0.463 e. The third-order valence-corrected chi connectivity index (χ3v) is 3.71. The van der Waals surface area contributed by atoms with Gasteiger partial charge in [-0.15, -0.1) is 0 Å². The second kappa shape index (κ2) is 10.4. The van der Waals surface area contributed by atoms with Crippen molar-refractivity contribution < 1.29 is 19.4 Å². The number of hydrogen-bond acceptors (Lipinski definition) is 8. The summed E-state index contributed by atoms with van der Waals surface area (Å²) in [7, 11) is 0. The van der Waals surface area contributed by atoms with Crippen molar-refractivity contribution in [2.75, 3.05) is 18.9 Å². The number of unbranched alkanes of at least 4 members (excludes halogenated alkanes) is 1. The van der Waals surface area contributed by atoms with Gasteiger partial charge in [0.25, 0.3) is 5.56 Å². The lowest BCUT2D eigenvalue weighted by Gasteiger charge is -2.16. The molecule has 0 fully saturated rings. The molecule has 2 rings (SSSR count). The number of fused-ring (bicyclic) bond motifs is 1. The molecule has 0 saturated heterocycles. The van der Waals surface area contributed by atoms with E-state index in [-0.39, 0.29) is 49.4 Å². The predicted molar refractivity (Wildman–Crippen MR) is 98.8 cm³/mol. The van der Waals surface area contributed by atoms with E-state index >= 15 is 0 Å². The van der Waals surface area contributed by atoms with E-state index < -0.39 is 11.7 Å². The summed E-state index contributed by atoms with van der Waals surface area (Å²) in [5.74, 6) is -0.387. The fourth-order valence-electron chi connectivity index (χ4n) is 2.27. The maximum atomic E-state index is 11.7. The van der Waals surface area contributed by atoms with Crippen molar-refractivity contribution in [3.05, 3.63) is 28.8 Å². The van der Waals surface area contributed by atoms with Gasteiger partial charge in [0.2, 0.25) is 5.95 Å². The fraction of sp³-hybridized carbons (Fsp3) is 0.529. The number of imidazole rings is 1. The van der Waals surface area contributed by atoms with Crippen molar-refractivity contribution in [1.82, 2.24) is 19.5 Å². The normalized spacial score (nSPS) is 12.7. The Hall–Kier alpha value is -2.72. The molecule has 4 N–H and O–H groups in total. The highest BCUT2D eigenvalue weighted by Crippen LogP contribution is 2.08. The van der Waals surface area contributed by atoms with E-state index in [1.54, 1.807) is 0 Å². The van der Waals surface area contributed by atoms with Gasteiger partial charge in [0, 0.05) is 6.42 Å². The van der Waals surface area contributed by atoms with Crippen LogP contribution < -0.4 is 11.3 Å². The van der Waals surface area contributed by atoms with Crippen molar-refractivity contribution in [2.24, 2.45) is 0 Å². The summed E-state index contributed by atoms with van der Waals surface area (Å²) in [6.07, 6.45) is 7.62. The lowest BCUT2D eigenvalue weighted by atomic mass is 10.2. The van der Waals surface area contributed by atoms with Gasteiger partial charge in [-0.1, -0.05) is 25.5 Å². The molecule has 148 valence electrons. The van der Waals surface area contributed by atoms with Gasteiger partial charge in [0.15, 0.2) is 11.2 Å². The maximum Gasteiger partial charge on any atom is 0.306 e. The summed E-state index contributed by atoms with van der Waals surface area (Å²) < 4.78 is 12.1. The average molecular weight is 379 g/mol. The number of aliphatic hydroxyl groups is 1. The predicted octanol–water partition coefficient (Wildman–Crippen LogP) is 0.716. The molecule has 0 amide bonds. The molecule has 0 aliphatic carbocycles. The lowest BCUT2D eigenvalue weighted by molar-refractivity contribution is -0.150. The van der Waals surface area contributed by atoms with Crippen LogP contribution in [0.2, 0.25) is 0 Å². The lowest BCUT2D eigenvalue weighted by Crippen LogP contribution is -2.26. The zero-order valence-electron chi connectivity index (χ0n) is 15.3. The topological polar surface area (TPSA) is 145 Å². The molecule has 27 heavy (non-hydrogen) atoms. The first-order valence-corrected chi connectivity index (χ1v) is 8.78. The number of aromatic nitrogens is 4. The van der Waals surface area contributed by atoms with Crippen LogP contribution in [-0.4, -0.2) is 49.9 Å². The van der Waals surface area contributed by atoms with Crippen LogP contribution in [0.3, 0.4) is 0 Å². The summed E-state index contributed by atoms with van der Waals surface area (Å²) in [4.78, 5) is 33.8. The third-order valence-electron chi connectivity index (χ3n) is 3.71. The van der Waals surface area contributed by atoms with Crippen LogP contribution in [0, 0.1) is 0 Å². The Morgan fingerprint density at radius 1 is 1.44 bits per heavy atom. The van der Waals surface area contributed by atoms with Crippen molar-refractivity contribution in [2.45, 2.75) is 45.4 Å². The molecule has 0 aliphatic rings. The monoisotopic (exact) mass is 379 g/mol. The number of nitrogens with zero attached hydrogens (tertiary/aromatic N) is 3. The number of esters is 1. The highest BCUT2D eigenvalue weighted by molar-refractivity contribution is 5.70. The molecular formula is C17H25N5O5.